The highest BCUT2D eigenvalue weighted by Gasteiger charge is 2.22. The smallest absolute Gasteiger partial charge is 0.407 e. The number of carbonyl (C=O) groups excluding carboxylic acids is 1. The van der Waals surface area contributed by atoms with E-state index in [1.165, 1.54) is 4.90 Å². The van der Waals surface area contributed by atoms with E-state index in [2.05, 4.69) is 0 Å². The maximum atomic E-state index is 11.8. The molecule has 1 aromatic carbocycles. The van der Waals surface area contributed by atoms with Gasteiger partial charge in [0.25, 0.3) is 0 Å². The Morgan fingerprint density at radius 2 is 1.95 bits per heavy atom. The minimum Gasteiger partial charge on any atom is -0.465 e. The lowest BCUT2D eigenvalue weighted by Crippen LogP contribution is -2.48. The highest BCUT2D eigenvalue weighted by molar-refractivity contribution is 6.33. The number of hydrogen-bond acceptors (Lipinski definition) is 4. The maximum Gasteiger partial charge on any atom is 0.407 e. The number of ether oxygens (including phenoxy) is 1. The summed E-state index contributed by atoms with van der Waals surface area (Å²) in [6, 6.07) is 4.97. The Bertz CT molecular complexity index is 542. The predicted octanol–water partition coefficient (Wildman–Crippen LogP) is 2.32. The quantitative estimate of drug-likeness (QED) is 0.867. The van der Waals surface area contributed by atoms with E-state index < -0.39 is 6.09 Å². The SMILES string of the molecule is CCOC(=O)c1ccc(Cl)c(N2CCN(C(=O)O)CC2)c1. The molecule has 6 nitrogen and oxygen atoms in total. The third-order valence-electron chi connectivity index (χ3n) is 3.35. The monoisotopic (exact) mass is 312 g/mol. The summed E-state index contributed by atoms with van der Waals surface area (Å²) in [5.74, 6) is -0.389. The molecule has 1 saturated heterocycles. The van der Waals surface area contributed by atoms with E-state index in [1.54, 1.807) is 25.1 Å². The van der Waals surface area contributed by atoms with Crippen molar-refractivity contribution in [3.05, 3.63) is 28.8 Å². The summed E-state index contributed by atoms with van der Waals surface area (Å²) in [4.78, 5) is 26.0. The molecule has 21 heavy (non-hydrogen) atoms. The van der Waals surface area contributed by atoms with E-state index in [0.29, 0.717) is 43.4 Å². The largest absolute Gasteiger partial charge is 0.465 e. The number of rotatable bonds is 3. The molecule has 1 aliphatic rings. The van der Waals surface area contributed by atoms with Gasteiger partial charge in [0, 0.05) is 26.2 Å². The topological polar surface area (TPSA) is 70.1 Å². The number of carbonyl (C=O) groups is 2. The molecular weight excluding hydrogens is 296 g/mol. The lowest BCUT2D eigenvalue weighted by Gasteiger charge is -2.35. The molecule has 2 rings (SSSR count). The maximum absolute atomic E-state index is 11.8. The van der Waals surface area contributed by atoms with E-state index >= 15 is 0 Å². The first-order chi connectivity index (χ1) is 10.0. The van der Waals surface area contributed by atoms with Crippen molar-refractivity contribution in [3.63, 3.8) is 0 Å². The van der Waals surface area contributed by atoms with Crippen LogP contribution in [0.15, 0.2) is 18.2 Å². The molecule has 0 saturated carbocycles. The highest BCUT2D eigenvalue weighted by atomic mass is 35.5. The van der Waals surface area contributed by atoms with Crippen LogP contribution in [0.5, 0.6) is 0 Å². The van der Waals surface area contributed by atoms with E-state index in [0.717, 1.165) is 5.69 Å². The Kier molecular flexibility index (Phi) is 4.90. The summed E-state index contributed by atoms with van der Waals surface area (Å²) < 4.78 is 4.97. The van der Waals surface area contributed by atoms with Gasteiger partial charge >= 0.3 is 12.1 Å². The first-order valence-electron chi connectivity index (χ1n) is 6.72. The molecule has 0 bridgehead atoms. The number of anilines is 1. The van der Waals surface area contributed by atoms with Crippen molar-refractivity contribution in [1.82, 2.24) is 4.90 Å². The second-order valence-electron chi connectivity index (χ2n) is 4.64. The van der Waals surface area contributed by atoms with E-state index in [4.69, 9.17) is 21.4 Å². The minimum atomic E-state index is -0.916. The van der Waals surface area contributed by atoms with Gasteiger partial charge in [-0.2, -0.15) is 0 Å². The van der Waals surface area contributed by atoms with Crippen molar-refractivity contribution < 1.29 is 19.4 Å². The summed E-state index contributed by atoms with van der Waals surface area (Å²) >= 11 is 6.19. The first-order valence-corrected chi connectivity index (χ1v) is 7.10. The standard InChI is InChI=1S/C14H17ClN2O4/c1-2-21-13(18)10-3-4-11(15)12(9-10)16-5-7-17(8-6-16)14(19)20/h3-4,9H,2,5-8H2,1H3,(H,19,20). The van der Waals surface area contributed by atoms with Crippen molar-refractivity contribution in [2.24, 2.45) is 0 Å². The van der Waals surface area contributed by atoms with Gasteiger partial charge in [-0.15, -0.1) is 0 Å². The molecule has 0 radical (unpaired) electrons. The molecular formula is C14H17ClN2O4. The van der Waals surface area contributed by atoms with Gasteiger partial charge < -0.3 is 19.6 Å². The molecule has 7 heteroatoms. The van der Waals surface area contributed by atoms with Crippen LogP contribution < -0.4 is 4.90 Å². The van der Waals surface area contributed by atoms with E-state index in [9.17, 15) is 9.59 Å². The fraction of sp³-hybridized carbons (Fsp3) is 0.429. The molecule has 0 atom stereocenters. The molecule has 0 aliphatic carbocycles. The highest BCUT2D eigenvalue weighted by Crippen LogP contribution is 2.28. The van der Waals surface area contributed by atoms with Crippen molar-refractivity contribution in [1.29, 1.82) is 0 Å². The third-order valence-corrected chi connectivity index (χ3v) is 3.67. The lowest BCUT2D eigenvalue weighted by atomic mass is 10.1. The van der Waals surface area contributed by atoms with Gasteiger partial charge in [-0.25, -0.2) is 9.59 Å². The molecule has 1 heterocycles. The van der Waals surface area contributed by atoms with Crippen LogP contribution in [0.2, 0.25) is 5.02 Å². The normalized spacial score (nSPS) is 15.0. The number of carboxylic acid groups (broad SMARTS) is 1. The Hall–Kier alpha value is -1.95. The minimum absolute atomic E-state index is 0.314. The van der Waals surface area contributed by atoms with Gasteiger partial charge in [0.15, 0.2) is 0 Å². The summed E-state index contributed by atoms with van der Waals surface area (Å²) in [7, 11) is 0. The second kappa shape index (κ2) is 6.67. The van der Waals surface area contributed by atoms with E-state index in [1.807, 2.05) is 4.90 Å². The second-order valence-corrected chi connectivity index (χ2v) is 5.05. The lowest BCUT2D eigenvalue weighted by molar-refractivity contribution is 0.0526. The van der Waals surface area contributed by atoms with Gasteiger partial charge in [-0.05, 0) is 25.1 Å². The number of esters is 1. The summed E-state index contributed by atoms with van der Waals surface area (Å²) in [6.45, 7) is 3.97. The average Bonchev–Trinajstić information content (AvgIpc) is 2.48. The third kappa shape index (κ3) is 3.58. The molecule has 1 N–H and O–H groups in total. The molecule has 0 unspecified atom stereocenters. The van der Waals surface area contributed by atoms with Crippen LogP contribution in [-0.2, 0) is 4.74 Å². The zero-order chi connectivity index (χ0) is 15.4. The number of piperazine rings is 1. The molecule has 0 aromatic heterocycles. The predicted molar refractivity (Wildman–Crippen MR) is 79.2 cm³/mol. The van der Waals surface area contributed by atoms with Crippen LogP contribution >= 0.6 is 11.6 Å². The molecule has 1 fully saturated rings. The van der Waals surface area contributed by atoms with Gasteiger partial charge in [0.2, 0.25) is 0 Å². The van der Waals surface area contributed by atoms with Crippen LogP contribution in [0.1, 0.15) is 17.3 Å². The summed E-state index contributed by atoms with van der Waals surface area (Å²) in [5, 5.41) is 9.48. The molecule has 1 amide bonds. The van der Waals surface area contributed by atoms with Gasteiger partial charge in [-0.3, -0.25) is 0 Å². The van der Waals surface area contributed by atoms with Gasteiger partial charge in [-0.1, -0.05) is 11.6 Å². The molecule has 1 aromatic rings. The fourth-order valence-electron chi connectivity index (χ4n) is 2.24. The van der Waals surface area contributed by atoms with Crippen molar-refractivity contribution in [2.45, 2.75) is 6.92 Å². The van der Waals surface area contributed by atoms with Crippen molar-refractivity contribution >= 4 is 29.4 Å². The average molecular weight is 313 g/mol. The summed E-state index contributed by atoms with van der Waals surface area (Å²) in [6.07, 6.45) is -0.916. The van der Waals surface area contributed by atoms with Crippen molar-refractivity contribution in [3.8, 4) is 0 Å². The van der Waals surface area contributed by atoms with Crippen molar-refractivity contribution in [2.75, 3.05) is 37.7 Å². The van der Waals surface area contributed by atoms with E-state index in [-0.39, 0.29) is 5.97 Å². The van der Waals surface area contributed by atoms with Gasteiger partial charge in [0.05, 0.1) is 22.9 Å². The Morgan fingerprint density at radius 1 is 1.29 bits per heavy atom. The van der Waals surface area contributed by atoms with Crippen LogP contribution in [0, 0.1) is 0 Å². The number of hydrogen-bond donors (Lipinski definition) is 1. The fourth-order valence-corrected chi connectivity index (χ4v) is 2.47. The van der Waals surface area contributed by atoms with Gasteiger partial charge in [0.1, 0.15) is 0 Å². The Balaban J connectivity index is 2.14. The molecule has 0 spiro atoms. The Morgan fingerprint density at radius 3 is 2.52 bits per heavy atom. The van der Waals surface area contributed by atoms with Crippen LogP contribution in [0.3, 0.4) is 0 Å². The van der Waals surface area contributed by atoms with Crippen LogP contribution in [-0.4, -0.2) is 54.9 Å². The molecule has 1 aliphatic heterocycles. The first kappa shape index (κ1) is 15.4. The summed E-state index contributed by atoms with van der Waals surface area (Å²) in [5.41, 5.74) is 1.17. The number of nitrogens with zero attached hydrogens (tertiary/aromatic N) is 2. The Labute approximate surface area is 127 Å². The number of benzene rings is 1. The van der Waals surface area contributed by atoms with Crippen LogP contribution in [0.4, 0.5) is 10.5 Å². The number of halogens is 1. The van der Waals surface area contributed by atoms with Crippen LogP contribution in [0.25, 0.3) is 0 Å². The zero-order valence-corrected chi connectivity index (χ0v) is 12.5. The molecule has 114 valence electrons. The zero-order valence-electron chi connectivity index (χ0n) is 11.7. The number of amides is 1.